The van der Waals surface area contributed by atoms with E-state index in [4.69, 9.17) is 18.9 Å². The molecule has 9 nitrogen and oxygen atoms in total. The van der Waals surface area contributed by atoms with Gasteiger partial charge in [0.15, 0.2) is 0 Å². The van der Waals surface area contributed by atoms with Gasteiger partial charge in [-0.2, -0.15) is 0 Å². The maximum absolute atomic E-state index is 13.1. The lowest BCUT2D eigenvalue weighted by Crippen LogP contribution is -2.40. The van der Waals surface area contributed by atoms with Gasteiger partial charge in [0, 0.05) is 36.7 Å². The third-order valence-corrected chi connectivity index (χ3v) is 5.26. The largest absolute Gasteiger partial charge is 0.497 e. The van der Waals surface area contributed by atoms with E-state index < -0.39 is 23.7 Å². The molecule has 0 aromatic heterocycles. The first-order valence-electron chi connectivity index (χ1n) is 11.4. The Labute approximate surface area is 201 Å². The molecule has 0 radical (unpaired) electrons. The second-order valence-corrected chi connectivity index (χ2v) is 9.02. The van der Waals surface area contributed by atoms with Crippen molar-refractivity contribution in [2.24, 2.45) is 5.92 Å². The Morgan fingerprint density at radius 3 is 2.59 bits per heavy atom. The predicted molar refractivity (Wildman–Crippen MR) is 127 cm³/mol. The van der Waals surface area contributed by atoms with Crippen molar-refractivity contribution < 1.29 is 33.3 Å². The van der Waals surface area contributed by atoms with Crippen LogP contribution < -0.4 is 14.8 Å². The zero-order valence-electron chi connectivity index (χ0n) is 20.9. The number of amides is 2. The minimum atomic E-state index is -0.670. The number of likely N-dealkylation sites (tertiary alicyclic amines) is 1. The topological polar surface area (TPSA) is 103 Å². The van der Waals surface area contributed by atoms with Crippen molar-refractivity contribution in [3.63, 3.8) is 0 Å². The lowest BCUT2D eigenvalue weighted by molar-refractivity contribution is -0.137. The lowest BCUT2D eigenvalue weighted by atomic mass is 9.98. The number of ether oxygens (including phenoxy) is 4. The smallest absolute Gasteiger partial charge is 0.408 e. The summed E-state index contributed by atoms with van der Waals surface area (Å²) in [7, 11) is 3.16. The molecule has 34 heavy (non-hydrogen) atoms. The van der Waals surface area contributed by atoms with Crippen LogP contribution in [0, 0.1) is 5.92 Å². The van der Waals surface area contributed by atoms with E-state index in [-0.39, 0.29) is 18.4 Å². The van der Waals surface area contributed by atoms with Crippen LogP contribution in [0.4, 0.5) is 4.79 Å². The third-order valence-electron chi connectivity index (χ3n) is 5.26. The van der Waals surface area contributed by atoms with E-state index in [1.54, 1.807) is 59.0 Å². The monoisotopic (exact) mass is 476 g/mol. The fourth-order valence-electron chi connectivity index (χ4n) is 3.70. The number of rotatable bonds is 10. The van der Waals surface area contributed by atoms with Gasteiger partial charge in [-0.3, -0.25) is 4.79 Å². The zero-order chi connectivity index (χ0) is 25.3. The predicted octanol–water partition coefficient (Wildman–Crippen LogP) is 3.46. The Morgan fingerprint density at radius 1 is 1.24 bits per heavy atom. The fraction of sp³-hybridized carbons (Fsp3) is 0.560. The molecule has 2 amide bonds. The van der Waals surface area contributed by atoms with Crippen molar-refractivity contribution in [1.82, 2.24) is 10.2 Å². The number of methoxy groups -OCH3 is 2. The molecule has 9 heteroatoms. The normalized spacial score (nSPS) is 16.9. The Kier molecular flexibility index (Phi) is 9.77. The van der Waals surface area contributed by atoms with E-state index in [1.165, 1.54) is 6.08 Å². The number of hydrogen-bond acceptors (Lipinski definition) is 7. The minimum absolute atomic E-state index is 0.0154. The molecule has 0 saturated carbocycles. The van der Waals surface area contributed by atoms with Crippen molar-refractivity contribution in [1.29, 1.82) is 0 Å². The van der Waals surface area contributed by atoms with Gasteiger partial charge in [0.2, 0.25) is 5.91 Å². The van der Waals surface area contributed by atoms with Gasteiger partial charge in [-0.05, 0) is 52.7 Å². The van der Waals surface area contributed by atoms with E-state index in [9.17, 15) is 14.4 Å². The van der Waals surface area contributed by atoms with Crippen LogP contribution in [0.25, 0.3) is 0 Å². The molecule has 188 valence electrons. The Balaban J connectivity index is 2.08. The van der Waals surface area contributed by atoms with Gasteiger partial charge in [-0.25, -0.2) is 9.59 Å². The van der Waals surface area contributed by atoms with Crippen molar-refractivity contribution in [3.05, 3.63) is 35.9 Å². The number of nitrogens with zero attached hydrogens (tertiary/aromatic N) is 1. The number of benzene rings is 1. The molecule has 1 N–H and O–H groups in total. The van der Waals surface area contributed by atoms with Crippen LogP contribution in [-0.4, -0.2) is 61.9 Å². The summed E-state index contributed by atoms with van der Waals surface area (Å²) in [6.07, 6.45) is 3.17. The number of hydrogen-bond donors (Lipinski definition) is 1. The van der Waals surface area contributed by atoms with Crippen LogP contribution in [-0.2, 0) is 25.6 Å². The first-order chi connectivity index (χ1) is 16.1. The van der Waals surface area contributed by atoms with E-state index in [1.807, 2.05) is 12.1 Å². The number of nitrogens with one attached hydrogen (secondary N) is 1. The van der Waals surface area contributed by atoms with Crippen LogP contribution >= 0.6 is 0 Å². The molecule has 0 aliphatic carbocycles. The SMILES string of the molecule is CCOC(=O)C=C[C@H](C[C@@H]1CCN(Cc2ccc(OC)cc2OC)C1=O)NC(=O)OC(C)(C)C. The summed E-state index contributed by atoms with van der Waals surface area (Å²) < 4.78 is 20.9. The number of carbonyl (C=O) groups is 3. The Bertz CT molecular complexity index is 892. The molecule has 2 atom stereocenters. The molecule has 0 bridgehead atoms. The van der Waals surface area contributed by atoms with Crippen molar-refractivity contribution in [2.75, 3.05) is 27.4 Å². The minimum Gasteiger partial charge on any atom is -0.497 e. The summed E-state index contributed by atoms with van der Waals surface area (Å²) in [5, 5.41) is 2.75. The van der Waals surface area contributed by atoms with Gasteiger partial charge in [-0.15, -0.1) is 0 Å². The summed E-state index contributed by atoms with van der Waals surface area (Å²) in [5.74, 6) is 0.493. The molecule has 1 heterocycles. The first kappa shape index (κ1) is 27.0. The quantitative estimate of drug-likeness (QED) is 0.407. The van der Waals surface area contributed by atoms with Crippen LogP contribution in [0.15, 0.2) is 30.4 Å². The summed E-state index contributed by atoms with van der Waals surface area (Å²) in [4.78, 5) is 39.0. The third kappa shape index (κ3) is 8.28. The molecule has 2 rings (SSSR count). The van der Waals surface area contributed by atoms with Gasteiger partial charge >= 0.3 is 12.1 Å². The average molecular weight is 477 g/mol. The average Bonchev–Trinajstić information content (AvgIpc) is 3.10. The molecule has 1 aliphatic heterocycles. The zero-order valence-corrected chi connectivity index (χ0v) is 20.9. The van der Waals surface area contributed by atoms with Crippen LogP contribution in [0.2, 0.25) is 0 Å². The second kappa shape index (κ2) is 12.3. The molecule has 1 aliphatic rings. The molecule has 1 fully saturated rings. The molecule has 1 aromatic rings. The highest BCUT2D eigenvalue weighted by molar-refractivity contribution is 5.83. The molecule has 0 spiro atoms. The Hall–Kier alpha value is -3.23. The summed E-state index contributed by atoms with van der Waals surface area (Å²) in [6.45, 7) is 8.25. The van der Waals surface area contributed by atoms with Gasteiger partial charge in [0.1, 0.15) is 17.1 Å². The standard InChI is InChI=1S/C25H36N2O7/c1-7-33-22(28)11-9-19(26-24(30)34-25(2,3)4)14-17-12-13-27(23(17)29)16-18-8-10-20(31-5)15-21(18)32-6/h8-11,15,17,19H,7,12-14,16H2,1-6H3,(H,26,30)/t17-,19+/m0/s1. The van der Waals surface area contributed by atoms with Crippen LogP contribution in [0.1, 0.15) is 46.1 Å². The van der Waals surface area contributed by atoms with E-state index in [2.05, 4.69) is 5.32 Å². The van der Waals surface area contributed by atoms with E-state index in [0.29, 0.717) is 37.4 Å². The lowest BCUT2D eigenvalue weighted by Gasteiger charge is -2.24. The number of alkyl carbamates (subject to hydrolysis) is 1. The van der Waals surface area contributed by atoms with E-state index in [0.717, 1.165) is 5.56 Å². The summed E-state index contributed by atoms with van der Waals surface area (Å²) >= 11 is 0. The number of carbonyl (C=O) groups excluding carboxylic acids is 3. The van der Waals surface area contributed by atoms with Gasteiger partial charge in [0.25, 0.3) is 0 Å². The molecule has 0 unspecified atom stereocenters. The number of esters is 1. The van der Waals surface area contributed by atoms with Crippen molar-refractivity contribution in [2.45, 2.75) is 58.7 Å². The van der Waals surface area contributed by atoms with Crippen LogP contribution in [0.5, 0.6) is 11.5 Å². The van der Waals surface area contributed by atoms with Crippen molar-refractivity contribution in [3.8, 4) is 11.5 Å². The molecular weight excluding hydrogens is 440 g/mol. The highest BCUT2D eigenvalue weighted by Gasteiger charge is 2.34. The maximum Gasteiger partial charge on any atom is 0.408 e. The van der Waals surface area contributed by atoms with Gasteiger partial charge in [0.05, 0.1) is 26.9 Å². The van der Waals surface area contributed by atoms with Crippen molar-refractivity contribution >= 4 is 18.0 Å². The summed E-state index contributed by atoms with van der Waals surface area (Å²) in [6, 6.07) is 4.93. The van der Waals surface area contributed by atoms with Gasteiger partial charge < -0.3 is 29.2 Å². The first-order valence-corrected chi connectivity index (χ1v) is 11.4. The molecular formula is C25H36N2O7. The van der Waals surface area contributed by atoms with Gasteiger partial charge in [-0.1, -0.05) is 6.08 Å². The second-order valence-electron chi connectivity index (χ2n) is 9.02. The molecule has 1 saturated heterocycles. The maximum atomic E-state index is 13.1. The highest BCUT2D eigenvalue weighted by Crippen LogP contribution is 2.30. The fourth-order valence-corrected chi connectivity index (χ4v) is 3.70. The van der Waals surface area contributed by atoms with E-state index >= 15 is 0 Å². The highest BCUT2D eigenvalue weighted by atomic mass is 16.6. The summed E-state index contributed by atoms with van der Waals surface area (Å²) in [5.41, 5.74) is 0.208. The Morgan fingerprint density at radius 2 is 1.97 bits per heavy atom. The van der Waals surface area contributed by atoms with Crippen LogP contribution in [0.3, 0.4) is 0 Å². The molecule has 1 aromatic carbocycles.